The predicted molar refractivity (Wildman–Crippen MR) is 39.1 cm³/mol. The van der Waals surface area contributed by atoms with Crippen LogP contribution in [0.2, 0.25) is 4.34 Å². The van der Waals surface area contributed by atoms with Crippen LogP contribution in [0.3, 0.4) is 0 Å². The van der Waals surface area contributed by atoms with Crippen molar-refractivity contribution in [3.05, 3.63) is 15.8 Å². The number of hydrogen-bond donors (Lipinski definition) is 1. The fourth-order valence-corrected chi connectivity index (χ4v) is 2.47. The predicted octanol–water partition coefficient (Wildman–Crippen LogP) is 1.65. The SMILES string of the molecule is O=S(=O)(O)c1ccsc1Cl. The monoisotopic (exact) mass is 198 g/mol. The zero-order valence-electron chi connectivity index (χ0n) is 4.61. The molecule has 0 saturated carbocycles. The van der Waals surface area contributed by atoms with Gasteiger partial charge in [0.2, 0.25) is 0 Å². The van der Waals surface area contributed by atoms with Gasteiger partial charge < -0.3 is 0 Å². The van der Waals surface area contributed by atoms with E-state index in [4.69, 9.17) is 16.2 Å². The molecule has 3 nitrogen and oxygen atoms in total. The van der Waals surface area contributed by atoms with Crippen LogP contribution in [0, 0.1) is 0 Å². The van der Waals surface area contributed by atoms with E-state index < -0.39 is 10.1 Å². The number of thiophene rings is 1. The second-order valence-corrected chi connectivity index (χ2v) is 4.44. The molecular formula is C4H3ClO3S2. The lowest BCUT2D eigenvalue weighted by atomic mass is 10.7. The molecule has 10 heavy (non-hydrogen) atoms. The average Bonchev–Trinajstić information content (AvgIpc) is 2.11. The first-order valence-electron chi connectivity index (χ1n) is 2.22. The summed E-state index contributed by atoms with van der Waals surface area (Å²) >= 11 is 6.46. The molecule has 1 aromatic heterocycles. The third-order valence-electron chi connectivity index (χ3n) is 0.863. The van der Waals surface area contributed by atoms with Gasteiger partial charge in [0.05, 0.1) is 0 Å². The minimum atomic E-state index is -4.11. The summed E-state index contributed by atoms with van der Waals surface area (Å²) in [5, 5.41) is 1.49. The Morgan fingerprint density at radius 1 is 1.60 bits per heavy atom. The van der Waals surface area contributed by atoms with Crippen molar-refractivity contribution in [3.63, 3.8) is 0 Å². The summed E-state index contributed by atoms with van der Waals surface area (Å²) in [7, 11) is -4.11. The first-order chi connectivity index (χ1) is 4.52. The van der Waals surface area contributed by atoms with E-state index in [2.05, 4.69) is 0 Å². The van der Waals surface area contributed by atoms with Crippen LogP contribution in [0.15, 0.2) is 16.3 Å². The molecule has 56 valence electrons. The van der Waals surface area contributed by atoms with E-state index in [9.17, 15) is 8.42 Å². The molecule has 0 aliphatic rings. The van der Waals surface area contributed by atoms with Crippen LogP contribution in [0.4, 0.5) is 0 Å². The second-order valence-electron chi connectivity index (χ2n) is 1.53. The minimum Gasteiger partial charge on any atom is -0.282 e. The standard InChI is InChI=1S/C4H3ClO3S2/c5-4-3(1-2-9-4)10(6,7)8/h1-2H,(H,6,7,8). The molecule has 0 radical (unpaired) electrons. The van der Waals surface area contributed by atoms with E-state index >= 15 is 0 Å². The second kappa shape index (κ2) is 2.50. The Hall–Kier alpha value is -0.100. The lowest BCUT2D eigenvalue weighted by Gasteiger charge is -1.89. The van der Waals surface area contributed by atoms with Crippen LogP contribution in [0.25, 0.3) is 0 Å². The molecular weight excluding hydrogens is 196 g/mol. The zero-order chi connectivity index (χ0) is 7.78. The smallest absolute Gasteiger partial charge is 0.282 e. The van der Waals surface area contributed by atoms with Gasteiger partial charge >= 0.3 is 0 Å². The molecule has 0 atom stereocenters. The van der Waals surface area contributed by atoms with Crippen LogP contribution in [0.5, 0.6) is 0 Å². The Morgan fingerprint density at radius 2 is 2.20 bits per heavy atom. The van der Waals surface area contributed by atoms with Crippen LogP contribution < -0.4 is 0 Å². The molecule has 6 heteroatoms. The summed E-state index contributed by atoms with van der Waals surface area (Å²) in [5.41, 5.74) is 0. The highest BCUT2D eigenvalue weighted by Crippen LogP contribution is 2.26. The van der Waals surface area contributed by atoms with Gasteiger partial charge in [0.1, 0.15) is 9.23 Å². The molecule has 0 aliphatic carbocycles. The van der Waals surface area contributed by atoms with Crippen molar-refractivity contribution in [1.82, 2.24) is 0 Å². The molecule has 0 amide bonds. The number of hydrogen-bond acceptors (Lipinski definition) is 3. The molecule has 1 N–H and O–H groups in total. The highest BCUT2D eigenvalue weighted by Gasteiger charge is 2.14. The summed E-state index contributed by atoms with van der Waals surface area (Å²) in [6, 6.07) is 1.25. The molecule has 0 aliphatic heterocycles. The van der Waals surface area contributed by atoms with Crippen molar-refractivity contribution >= 4 is 33.1 Å². The molecule has 1 rings (SSSR count). The number of halogens is 1. The first-order valence-corrected chi connectivity index (χ1v) is 4.92. The molecule has 0 unspecified atom stereocenters. The molecule has 0 saturated heterocycles. The highest BCUT2D eigenvalue weighted by molar-refractivity contribution is 7.86. The van der Waals surface area contributed by atoms with E-state index in [0.717, 1.165) is 11.3 Å². The van der Waals surface area contributed by atoms with Gasteiger partial charge in [-0.25, -0.2) is 0 Å². The third kappa shape index (κ3) is 1.49. The van der Waals surface area contributed by atoms with Crippen LogP contribution in [-0.4, -0.2) is 13.0 Å². The maximum absolute atomic E-state index is 10.4. The zero-order valence-corrected chi connectivity index (χ0v) is 7.00. The maximum atomic E-state index is 10.4. The molecule has 0 aromatic carbocycles. The molecule has 0 bridgehead atoms. The van der Waals surface area contributed by atoms with Gasteiger partial charge in [0.25, 0.3) is 10.1 Å². The normalized spacial score (nSPS) is 11.8. The molecule has 1 heterocycles. The fourth-order valence-electron chi connectivity index (χ4n) is 0.467. The average molecular weight is 199 g/mol. The molecule has 1 aromatic rings. The summed E-state index contributed by atoms with van der Waals surface area (Å²) < 4.78 is 29.3. The fraction of sp³-hybridized carbons (Fsp3) is 0. The quantitative estimate of drug-likeness (QED) is 0.699. The minimum absolute atomic E-state index is 0.0856. The Morgan fingerprint density at radius 3 is 2.40 bits per heavy atom. The van der Waals surface area contributed by atoms with Gasteiger partial charge in [-0.05, 0) is 11.4 Å². The topological polar surface area (TPSA) is 54.4 Å². The summed E-state index contributed by atoms with van der Waals surface area (Å²) in [5.74, 6) is 0. The van der Waals surface area contributed by atoms with Crippen LogP contribution in [-0.2, 0) is 10.1 Å². The first kappa shape index (κ1) is 8.00. The van der Waals surface area contributed by atoms with Gasteiger partial charge in [-0.3, -0.25) is 4.55 Å². The van der Waals surface area contributed by atoms with E-state index in [1.54, 1.807) is 0 Å². The Balaban J connectivity index is 3.32. The molecule has 0 fully saturated rings. The van der Waals surface area contributed by atoms with Gasteiger partial charge in [0.15, 0.2) is 0 Å². The Labute approximate surface area is 67.0 Å². The third-order valence-corrected chi connectivity index (χ3v) is 3.17. The summed E-state index contributed by atoms with van der Waals surface area (Å²) in [6.07, 6.45) is 0. The summed E-state index contributed by atoms with van der Waals surface area (Å²) in [4.78, 5) is -0.223. The van der Waals surface area contributed by atoms with E-state index in [1.807, 2.05) is 0 Å². The van der Waals surface area contributed by atoms with Gasteiger partial charge in [-0.15, -0.1) is 11.3 Å². The van der Waals surface area contributed by atoms with Crippen molar-refractivity contribution in [2.75, 3.05) is 0 Å². The van der Waals surface area contributed by atoms with Crippen molar-refractivity contribution in [1.29, 1.82) is 0 Å². The highest BCUT2D eigenvalue weighted by atomic mass is 35.5. The lowest BCUT2D eigenvalue weighted by molar-refractivity contribution is 0.483. The van der Waals surface area contributed by atoms with E-state index in [-0.39, 0.29) is 9.23 Å². The van der Waals surface area contributed by atoms with Crippen molar-refractivity contribution in [3.8, 4) is 0 Å². The maximum Gasteiger partial charge on any atom is 0.296 e. The van der Waals surface area contributed by atoms with Crippen LogP contribution in [0.1, 0.15) is 0 Å². The summed E-state index contributed by atoms with van der Waals surface area (Å²) in [6.45, 7) is 0. The van der Waals surface area contributed by atoms with Crippen molar-refractivity contribution < 1.29 is 13.0 Å². The largest absolute Gasteiger partial charge is 0.296 e. The van der Waals surface area contributed by atoms with Crippen molar-refractivity contribution in [2.45, 2.75) is 4.90 Å². The van der Waals surface area contributed by atoms with Crippen molar-refractivity contribution in [2.24, 2.45) is 0 Å². The lowest BCUT2D eigenvalue weighted by Crippen LogP contribution is -1.95. The van der Waals surface area contributed by atoms with E-state index in [1.165, 1.54) is 11.4 Å². The van der Waals surface area contributed by atoms with Gasteiger partial charge in [-0.2, -0.15) is 8.42 Å². The molecule has 0 spiro atoms. The van der Waals surface area contributed by atoms with Gasteiger partial charge in [-0.1, -0.05) is 11.6 Å². The van der Waals surface area contributed by atoms with Gasteiger partial charge in [0, 0.05) is 0 Å². The Kier molecular flexibility index (Phi) is 2.00. The van der Waals surface area contributed by atoms with Crippen LogP contribution >= 0.6 is 22.9 Å². The number of rotatable bonds is 1. The Bertz CT molecular complexity index is 326. The van der Waals surface area contributed by atoms with E-state index in [0.29, 0.717) is 0 Å².